The molecule has 0 amide bonds. The van der Waals surface area contributed by atoms with Crippen molar-refractivity contribution in [1.82, 2.24) is 0 Å². The van der Waals surface area contributed by atoms with Gasteiger partial charge in [0.25, 0.3) is 0 Å². The molecule has 0 N–H and O–H groups in total. The molecule has 5 unspecified atom stereocenters. The van der Waals surface area contributed by atoms with Crippen LogP contribution in [0.3, 0.4) is 0 Å². The lowest BCUT2D eigenvalue weighted by Crippen LogP contribution is -2.41. The predicted octanol–water partition coefficient (Wildman–Crippen LogP) is 6.20. The summed E-state index contributed by atoms with van der Waals surface area (Å²) in [6, 6.07) is 6.24. The van der Waals surface area contributed by atoms with E-state index in [-0.39, 0.29) is 28.6 Å². The van der Waals surface area contributed by atoms with E-state index in [0.29, 0.717) is 12.5 Å². The average Bonchev–Trinajstić information content (AvgIpc) is 2.94. The first-order valence-electron chi connectivity index (χ1n) is 10.5. The highest BCUT2D eigenvalue weighted by atomic mass is 16.5. The number of para-hydroxylation sites is 1. The van der Waals surface area contributed by atoms with Crippen LogP contribution in [0.15, 0.2) is 34.3 Å². The average molecular weight is 382 g/mol. The van der Waals surface area contributed by atoms with E-state index in [4.69, 9.17) is 9.73 Å². The number of aryl methyl sites for hydroxylation is 2. The maximum atomic E-state index is 13.1. The monoisotopic (exact) mass is 381 g/mol. The zero-order chi connectivity index (χ0) is 20.9. The molecule has 1 aromatic rings. The third-order valence-corrected chi connectivity index (χ3v) is 8.25. The van der Waals surface area contributed by atoms with Crippen LogP contribution in [0.2, 0.25) is 0 Å². The molecule has 0 radical (unpaired) electrons. The minimum absolute atomic E-state index is 0.0378. The SMILES string of the molecule is CCOC(=O)C1C(/C=N/c2c(C)cccc2C)CC2(C)C(C)C(C)=C(C)C12C. The van der Waals surface area contributed by atoms with Crippen molar-refractivity contribution in [2.24, 2.45) is 33.6 Å². The van der Waals surface area contributed by atoms with Crippen molar-refractivity contribution in [1.29, 1.82) is 0 Å². The molecule has 5 atom stereocenters. The van der Waals surface area contributed by atoms with Crippen LogP contribution >= 0.6 is 0 Å². The van der Waals surface area contributed by atoms with Crippen LogP contribution in [0.1, 0.15) is 59.1 Å². The smallest absolute Gasteiger partial charge is 0.310 e. The molecule has 3 rings (SSSR count). The highest BCUT2D eigenvalue weighted by Crippen LogP contribution is 2.70. The second-order valence-electron chi connectivity index (χ2n) is 9.27. The van der Waals surface area contributed by atoms with Crippen molar-refractivity contribution >= 4 is 17.9 Å². The Morgan fingerprint density at radius 1 is 1.21 bits per heavy atom. The van der Waals surface area contributed by atoms with E-state index in [1.807, 2.05) is 13.1 Å². The summed E-state index contributed by atoms with van der Waals surface area (Å²) in [4.78, 5) is 18.0. The van der Waals surface area contributed by atoms with E-state index in [2.05, 4.69) is 66.7 Å². The lowest BCUT2D eigenvalue weighted by Gasteiger charge is -2.42. The van der Waals surface area contributed by atoms with Gasteiger partial charge in [-0.05, 0) is 63.5 Å². The molecular formula is C25H35NO2. The molecule has 2 aliphatic carbocycles. The fraction of sp³-hybridized carbons (Fsp3) is 0.600. The Morgan fingerprint density at radius 2 is 1.82 bits per heavy atom. The van der Waals surface area contributed by atoms with E-state index in [1.54, 1.807) is 0 Å². The zero-order valence-corrected chi connectivity index (χ0v) is 18.7. The molecule has 1 aromatic carbocycles. The summed E-state index contributed by atoms with van der Waals surface area (Å²) >= 11 is 0. The summed E-state index contributed by atoms with van der Waals surface area (Å²) in [5.74, 6) is 0.268. The molecule has 1 saturated carbocycles. The van der Waals surface area contributed by atoms with Crippen LogP contribution in [-0.2, 0) is 9.53 Å². The van der Waals surface area contributed by atoms with Crippen molar-refractivity contribution in [2.75, 3.05) is 6.61 Å². The van der Waals surface area contributed by atoms with Gasteiger partial charge in [0.05, 0.1) is 18.2 Å². The number of ether oxygens (including phenoxy) is 1. The topological polar surface area (TPSA) is 38.7 Å². The van der Waals surface area contributed by atoms with Crippen LogP contribution in [0.5, 0.6) is 0 Å². The predicted molar refractivity (Wildman–Crippen MR) is 116 cm³/mol. The van der Waals surface area contributed by atoms with Gasteiger partial charge < -0.3 is 4.74 Å². The maximum Gasteiger partial charge on any atom is 0.310 e. The number of allylic oxidation sites excluding steroid dienone is 2. The summed E-state index contributed by atoms with van der Waals surface area (Å²) in [5.41, 5.74) is 6.00. The molecule has 0 spiro atoms. The summed E-state index contributed by atoms with van der Waals surface area (Å²) in [6.07, 6.45) is 3.00. The van der Waals surface area contributed by atoms with Gasteiger partial charge in [-0.1, -0.05) is 50.1 Å². The van der Waals surface area contributed by atoms with Crippen molar-refractivity contribution in [3.8, 4) is 0 Å². The third-order valence-electron chi connectivity index (χ3n) is 8.25. The Hall–Kier alpha value is -1.90. The molecule has 3 heteroatoms. The second kappa shape index (κ2) is 7.17. The van der Waals surface area contributed by atoms with Crippen LogP contribution < -0.4 is 0 Å². The fourth-order valence-electron chi connectivity index (χ4n) is 6.06. The minimum atomic E-state index is -0.194. The number of rotatable bonds is 4. The highest BCUT2D eigenvalue weighted by molar-refractivity contribution is 5.82. The molecule has 1 fully saturated rings. The summed E-state index contributed by atoms with van der Waals surface area (Å²) in [6.45, 7) is 17.9. The highest BCUT2D eigenvalue weighted by Gasteiger charge is 2.67. The number of nitrogens with zero attached hydrogens (tertiary/aromatic N) is 1. The van der Waals surface area contributed by atoms with Gasteiger partial charge in [-0.2, -0.15) is 0 Å². The van der Waals surface area contributed by atoms with Crippen molar-refractivity contribution in [2.45, 2.75) is 61.8 Å². The molecule has 0 heterocycles. The molecule has 2 aliphatic rings. The molecule has 0 aromatic heterocycles. The van der Waals surface area contributed by atoms with Gasteiger partial charge in [-0.25, -0.2) is 0 Å². The van der Waals surface area contributed by atoms with E-state index in [9.17, 15) is 4.79 Å². The summed E-state index contributed by atoms with van der Waals surface area (Å²) in [5, 5.41) is 0. The first kappa shape index (κ1) is 20.8. The second-order valence-corrected chi connectivity index (χ2v) is 9.27. The Kier molecular flexibility index (Phi) is 5.33. The van der Waals surface area contributed by atoms with Crippen molar-refractivity contribution in [3.63, 3.8) is 0 Å². The largest absolute Gasteiger partial charge is 0.466 e. The lowest BCUT2D eigenvalue weighted by atomic mass is 9.61. The van der Waals surface area contributed by atoms with E-state index in [1.165, 1.54) is 22.3 Å². The van der Waals surface area contributed by atoms with Crippen LogP contribution in [-0.4, -0.2) is 18.8 Å². The van der Waals surface area contributed by atoms with Gasteiger partial charge in [0, 0.05) is 17.5 Å². The molecule has 3 nitrogen and oxygen atoms in total. The minimum Gasteiger partial charge on any atom is -0.466 e. The molecule has 0 bridgehead atoms. The number of carbonyl (C=O) groups excluding carboxylic acids is 1. The van der Waals surface area contributed by atoms with E-state index >= 15 is 0 Å². The first-order chi connectivity index (χ1) is 13.1. The van der Waals surface area contributed by atoms with Gasteiger partial charge in [0.2, 0.25) is 0 Å². The Balaban J connectivity index is 2.07. The van der Waals surface area contributed by atoms with E-state index < -0.39 is 0 Å². The number of hydrogen-bond donors (Lipinski definition) is 0. The van der Waals surface area contributed by atoms with Crippen molar-refractivity contribution in [3.05, 3.63) is 40.5 Å². The number of esters is 1. The summed E-state index contributed by atoms with van der Waals surface area (Å²) < 4.78 is 5.57. The number of hydrogen-bond acceptors (Lipinski definition) is 3. The molecule has 0 aliphatic heterocycles. The van der Waals surface area contributed by atoms with Crippen LogP contribution in [0, 0.1) is 42.4 Å². The Labute approximate surface area is 170 Å². The van der Waals surface area contributed by atoms with Crippen LogP contribution in [0.25, 0.3) is 0 Å². The number of fused-ring (bicyclic) bond motifs is 1. The number of carbonyl (C=O) groups is 1. The summed E-state index contributed by atoms with van der Waals surface area (Å²) in [7, 11) is 0. The molecular weight excluding hydrogens is 346 g/mol. The molecule has 0 saturated heterocycles. The maximum absolute atomic E-state index is 13.1. The van der Waals surface area contributed by atoms with Crippen molar-refractivity contribution < 1.29 is 9.53 Å². The lowest BCUT2D eigenvalue weighted by molar-refractivity contribution is -0.152. The number of benzene rings is 1. The first-order valence-corrected chi connectivity index (χ1v) is 10.5. The van der Waals surface area contributed by atoms with Gasteiger partial charge in [-0.15, -0.1) is 0 Å². The van der Waals surface area contributed by atoms with Gasteiger partial charge in [0.15, 0.2) is 0 Å². The Bertz CT molecular complexity index is 832. The molecule has 152 valence electrons. The van der Waals surface area contributed by atoms with Gasteiger partial charge >= 0.3 is 5.97 Å². The Morgan fingerprint density at radius 3 is 2.39 bits per heavy atom. The quantitative estimate of drug-likeness (QED) is 0.354. The normalized spacial score (nSPS) is 34.9. The van der Waals surface area contributed by atoms with Gasteiger partial charge in [-0.3, -0.25) is 9.79 Å². The van der Waals surface area contributed by atoms with Crippen LogP contribution in [0.4, 0.5) is 5.69 Å². The number of aliphatic imine (C=N–C) groups is 1. The standard InChI is InChI=1S/C25H35NO2/c1-9-28-23(27)21-20(14-26-22-15(2)11-10-12-16(22)3)13-24(7)18(5)17(4)19(6)25(21,24)8/h10-12,14,18,20-21H,9,13H2,1-8H3/b26-14+. The third kappa shape index (κ3) is 2.77. The van der Waals surface area contributed by atoms with E-state index in [0.717, 1.165) is 12.1 Å². The molecule has 28 heavy (non-hydrogen) atoms. The van der Waals surface area contributed by atoms with Gasteiger partial charge in [0.1, 0.15) is 0 Å². The fourth-order valence-corrected chi connectivity index (χ4v) is 6.06. The zero-order valence-electron chi connectivity index (χ0n) is 18.7.